The van der Waals surface area contributed by atoms with Crippen molar-refractivity contribution < 1.29 is 5.21 Å². The Bertz CT molecular complexity index is 376. The number of fused-ring (bicyclic) bond motifs is 1. The Morgan fingerprint density at radius 2 is 2.43 bits per heavy atom. The second-order valence-corrected chi connectivity index (χ2v) is 4.45. The average Bonchev–Trinajstić information content (AvgIpc) is 2.64. The molecule has 0 spiro atoms. The van der Waals surface area contributed by atoms with E-state index in [9.17, 15) is 0 Å². The summed E-state index contributed by atoms with van der Waals surface area (Å²) in [6.45, 7) is 0. The maximum absolute atomic E-state index is 8.45. The van der Waals surface area contributed by atoms with Crippen molar-refractivity contribution >= 4 is 17.6 Å². The molecule has 0 unspecified atom stereocenters. The van der Waals surface area contributed by atoms with E-state index in [4.69, 9.17) is 10.9 Å². The summed E-state index contributed by atoms with van der Waals surface area (Å²) in [7, 11) is 0. The lowest BCUT2D eigenvalue weighted by atomic mass is 10.1. The molecule has 0 aromatic heterocycles. The first kappa shape index (κ1) is 9.40. The average molecular weight is 208 g/mol. The van der Waals surface area contributed by atoms with Crippen molar-refractivity contribution in [2.75, 3.05) is 5.75 Å². The molecule has 0 saturated carbocycles. The van der Waals surface area contributed by atoms with Crippen LogP contribution in [0, 0.1) is 0 Å². The van der Waals surface area contributed by atoms with Gasteiger partial charge in [-0.05, 0) is 23.6 Å². The molecule has 74 valence electrons. The van der Waals surface area contributed by atoms with Crippen molar-refractivity contribution in [1.82, 2.24) is 0 Å². The van der Waals surface area contributed by atoms with E-state index in [2.05, 4.69) is 17.3 Å². The van der Waals surface area contributed by atoms with Crippen LogP contribution in [-0.2, 0) is 12.8 Å². The van der Waals surface area contributed by atoms with Gasteiger partial charge >= 0.3 is 0 Å². The van der Waals surface area contributed by atoms with E-state index in [1.165, 1.54) is 16.2 Å². The van der Waals surface area contributed by atoms with Crippen LogP contribution in [-0.4, -0.2) is 16.8 Å². The molecule has 0 atom stereocenters. The summed E-state index contributed by atoms with van der Waals surface area (Å²) in [6.07, 6.45) is 1.65. The van der Waals surface area contributed by atoms with Crippen molar-refractivity contribution in [3.63, 3.8) is 0 Å². The number of nitrogens with zero attached hydrogens (tertiary/aromatic N) is 1. The van der Waals surface area contributed by atoms with Crippen LogP contribution in [0.1, 0.15) is 11.1 Å². The molecule has 0 aliphatic carbocycles. The van der Waals surface area contributed by atoms with E-state index < -0.39 is 0 Å². The SMILES string of the molecule is N/C(Cc1ccc2c(c1)CCS2)=N\O. The highest BCUT2D eigenvalue weighted by atomic mass is 32.2. The molecule has 0 saturated heterocycles. The summed E-state index contributed by atoms with van der Waals surface area (Å²) in [5.41, 5.74) is 7.94. The van der Waals surface area contributed by atoms with Gasteiger partial charge in [0.1, 0.15) is 5.84 Å². The number of rotatable bonds is 2. The maximum atomic E-state index is 8.45. The molecular formula is C10H12N2OS. The molecule has 2 rings (SSSR count). The first-order chi connectivity index (χ1) is 6.79. The minimum Gasteiger partial charge on any atom is -0.409 e. The van der Waals surface area contributed by atoms with Gasteiger partial charge in [-0.1, -0.05) is 17.3 Å². The van der Waals surface area contributed by atoms with E-state index in [-0.39, 0.29) is 5.84 Å². The van der Waals surface area contributed by atoms with Gasteiger partial charge < -0.3 is 10.9 Å². The molecule has 0 radical (unpaired) electrons. The molecular weight excluding hydrogens is 196 g/mol. The minimum absolute atomic E-state index is 0.260. The van der Waals surface area contributed by atoms with Gasteiger partial charge in [-0.15, -0.1) is 11.8 Å². The van der Waals surface area contributed by atoms with Crippen LogP contribution in [0.5, 0.6) is 0 Å². The largest absolute Gasteiger partial charge is 0.409 e. The Hall–Kier alpha value is -1.16. The molecule has 0 bridgehead atoms. The molecule has 1 aliphatic rings. The first-order valence-electron chi connectivity index (χ1n) is 4.50. The van der Waals surface area contributed by atoms with E-state index in [1.807, 2.05) is 17.8 Å². The summed E-state index contributed by atoms with van der Waals surface area (Å²) < 4.78 is 0. The number of aryl methyl sites for hydroxylation is 1. The molecule has 0 fully saturated rings. The Morgan fingerprint density at radius 1 is 1.57 bits per heavy atom. The standard InChI is InChI=1S/C10H12N2OS/c11-10(12-13)6-7-1-2-9-8(5-7)3-4-14-9/h1-2,5,13H,3-4,6H2,(H2,11,12). The molecule has 1 aromatic carbocycles. The molecule has 1 aliphatic heterocycles. The van der Waals surface area contributed by atoms with Crippen molar-refractivity contribution in [1.29, 1.82) is 0 Å². The Kier molecular flexibility index (Phi) is 2.63. The Morgan fingerprint density at radius 3 is 3.21 bits per heavy atom. The van der Waals surface area contributed by atoms with Crippen LogP contribution in [0.25, 0.3) is 0 Å². The van der Waals surface area contributed by atoms with Crippen molar-refractivity contribution in [2.24, 2.45) is 10.9 Å². The van der Waals surface area contributed by atoms with Crippen LogP contribution in [0.15, 0.2) is 28.3 Å². The van der Waals surface area contributed by atoms with Crippen LogP contribution in [0.4, 0.5) is 0 Å². The van der Waals surface area contributed by atoms with Crippen molar-refractivity contribution in [2.45, 2.75) is 17.7 Å². The Labute approximate surface area is 87.0 Å². The third-order valence-corrected chi connectivity index (χ3v) is 3.39. The fourth-order valence-electron chi connectivity index (χ4n) is 1.59. The highest BCUT2D eigenvalue weighted by Gasteiger charge is 2.11. The van der Waals surface area contributed by atoms with Crippen LogP contribution < -0.4 is 5.73 Å². The zero-order valence-corrected chi connectivity index (χ0v) is 8.55. The summed E-state index contributed by atoms with van der Waals surface area (Å²) in [4.78, 5) is 1.37. The molecule has 0 amide bonds. The summed E-state index contributed by atoms with van der Waals surface area (Å²) in [5, 5.41) is 11.4. The number of amidine groups is 1. The van der Waals surface area contributed by atoms with Gasteiger partial charge in [0.05, 0.1) is 0 Å². The zero-order chi connectivity index (χ0) is 9.97. The molecule has 3 N–H and O–H groups in total. The molecule has 3 nitrogen and oxygen atoms in total. The van der Waals surface area contributed by atoms with Gasteiger partial charge in [0.15, 0.2) is 0 Å². The summed E-state index contributed by atoms with van der Waals surface area (Å²) >= 11 is 1.89. The quantitative estimate of drug-likeness (QED) is 0.336. The van der Waals surface area contributed by atoms with Crippen molar-refractivity contribution in [3.05, 3.63) is 29.3 Å². The second-order valence-electron chi connectivity index (χ2n) is 3.31. The van der Waals surface area contributed by atoms with Crippen LogP contribution >= 0.6 is 11.8 Å². The van der Waals surface area contributed by atoms with Gasteiger partial charge in [0, 0.05) is 17.1 Å². The number of benzene rings is 1. The smallest absolute Gasteiger partial charge is 0.143 e. The highest BCUT2D eigenvalue weighted by Crippen LogP contribution is 2.31. The van der Waals surface area contributed by atoms with Crippen LogP contribution in [0.2, 0.25) is 0 Å². The first-order valence-corrected chi connectivity index (χ1v) is 5.49. The van der Waals surface area contributed by atoms with E-state index in [0.717, 1.165) is 12.0 Å². The predicted octanol–water partition coefficient (Wildman–Crippen LogP) is 1.62. The minimum atomic E-state index is 0.260. The highest BCUT2D eigenvalue weighted by molar-refractivity contribution is 7.99. The zero-order valence-electron chi connectivity index (χ0n) is 7.73. The van der Waals surface area contributed by atoms with E-state index in [0.29, 0.717) is 6.42 Å². The van der Waals surface area contributed by atoms with Crippen molar-refractivity contribution in [3.8, 4) is 0 Å². The molecule has 1 aromatic rings. The molecule has 14 heavy (non-hydrogen) atoms. The van der Waals surface area contributed by atoms with Gasteiger partial charge in [0.25, 0.3) is 0 Å². The lowest BCUT2D eigenvalue weighted by Crippen LogP contribution is -2.14. The number of hydrogen-bond acceptors (Lipinski definition) is 3. The number of oxime groups is 1. The van der Waals surface area contributed by atoms with Gasteiger partial charge in [-0.25, -0.2) is 0 Å². The second kappa shape index (κ2) is 3.92. The van der Waals surface area contributed by atoms with Crippen LogP contribution in [0.3, 0.4) is 0 Å². The lowest BCUT2D eigenvalue weighted by molar-refractivity contribution is 0.317. The number of nitrogens with two attached hydrogens (primary N) is 1. The third-order valence-electron chi connectivity index (χ3n) is 2.27. The predicted molar refractivity (Wildman–Crippen MR) is 58.0 cm³/mol. The fraction of sp³-hybridized carbons (Fsp3) is 0.300. The number of hydrogen-bond donors (Lipinski definition) is 2. The fourth-order valence-corrected chi connectivity index (χ4v) is 2.65. The maximum Gasteiger partial charge on any atom is 0.143 e. The summed E-state index contributed by atoms with van der Waals surface area (Å²) in [5.74, 6) is 1.43. The van der Waals surface area contributed by atoms with Gasteiger partial charge in [0.2, 0.25) is 0 Å². The third kappa shape index (κ3) is 1.85. The summed E-state index contributed by atoms with van der Waals surface area (Å²) in [6, 6.07) is 6.30. The van der Waals surface area contributed by atoms with E-state index >= 15 is 0 Å². The van der Waals surface area contributed by atoms with Gasteiger partial charge in [-0.3, -0.25) is 0 Å². The Balaban J connectivity index is 2.21. The molecule has 4 heteroatoms. The monoisotopic (exact) mass is 208 g/mol. The van der Waals surface area contributed by atoms with Gasteiger partial charge in [-0.2, -0.15) is 0 Å². The van der Waals surface area contributed by atoms with E-state index in [1.54, 1.807) is 0 Å². The number of thioether (sulfide) groups is 1. The lowest BCUT2D eigenvalue weighted by Gasteiger charge is -2.02. The molecule has 1 heterocycles. The normalized spacial score (nSPS) is 15.6. The topological polar surface area (TPSA) is 58.6 Å².